The van der Waals surface area contributed by atoms with Crippen molar-refractivity contribution in [3.63, 3.8) is 0 Å². The van der Waals surface area contributed by atoms with Gasteiger partial charge < -0.3 is 14.4 Å². The molecule has 0 N–H and O–H groups in total. The van der Waals surface area contributed by atoms with Crippen LogP contribution in [0.5, 0.6) is 5.75 Å². The first-order valence-electron chi connectivity index (χ1n) is 9.17. The zero-order valence-corrected chi connectivity index (χ0v) is 15.9. The second-order valence-corrected chi connectivity index (χ2v) is 6.69. The van der Waals surface area contributed by atoms with Crippen LogP contribution in [0.3, 0.4) is 0 Å². The molecule has 0 bridgehead atoms. The van der Waals surface area contributed by atoms with Crippen LogP contribution in [0, 0.1) is 6.92 Å². The number of methoxy groups -OCH3 is 1. The van der Waals surface area contributed by atoms with E-state index >= 15 is 0 Å². The number of carbonyl (C=O) groups excluding carboxylic acids is 1. The largest absolute Gasteiger partial charge is 0.496 e. The Labute approximate surface area is 163 Å². The third-order valence-corrected chi connectivity index (χ3v) is 4.95. The average Bonchev–Trinajstić information content (AvgIpc) is 3.27. The maximum atomic E-state index is 13.1. The summed E-state index contributed by atoms with van der Waals surface area (Å²) in [5.74, 6) is 0.770. The van der Waals surface area contributed by atoms with Crippen LogP contribution >= 0.6 is 0 Å². The van der Waals surface area contributed by atoms with Crippen molar-refractivity contribution in [2.24, 2.45) is 0 Å². The second-order valence-electron chi connectivity index (χ2n) is 6.69. The van der Waals surface area contributed by atoms with Gasteiger partial charge in [-0.1, -0.05) is 18.2 Å². The number of hydrogen-bond donors (Lipinski definition) is 0. The van der Waals surface area contributed by atoms with Gasteiger partial charge >= 0.3 is 0 Å². The molecule has 4 rings (SSSR count). The summed E-state index contributed by atoms with van der Waals surface area (Å²) in [4.78, 5) is 18.9. The van der Waals surface area contributed by atoms with Gasteiger partial charge in [0.05, 0.1) is 25.9 Å². The number of morpholine rings is 1. The van der Waals surface area contributed by atoms with E-state index in [0.717, 1.165) is 22.6 Å². The lowest BCUT2D eigenvalue weighted by molar-refractivity contribution is -0.0237. The molecule has 0 aliphatic carbocycles. The second kappa shape index (κ2) is 7.82. The van der Waals surface area contributed by atoms with Gasteiger partial charge in [-0.3, -0.25) is 4.79 Å². The van der Waals surface area contributed by atoms with E-state index in [-0.39, 0.29) is 12.0 Å². The SMILES string of the molecule is COc1ccccc1C1CN(C(=O)c2ccc(-n3cncn3)c(C)c2)CCO1. The molecule has 1 amide bonds. The number of benzene rings is 2. The molecule has 1 aliphatic rings. The van der Waals surface area contributed by atoms with Crippen molar-refractivity contribution in [3.8, 4) is 11.4 Å². The molecule has 1 aromatic heterocycles. The van der Waals surface area contributed by atoms with E-state index in [9.17, 15) is 4.79 Å². The molecule has 28 heavy (non-hydrogen) atoms. The molecule has 3 aromatic rings. The summed E-state index contributed by atoms with van der Waals surface area (Å²) in [6.45, 7) is 3.51. The molecule has 1 unspecified atom stereocenters. The molecule has 1 fully saturated rings. The molecule has 144 valence electrons. The van der Waals surface area contributed by atoms with Crippen LogP contribution in [0.25, 0.3) is 5.69 Å². The highest BCUT2D eigenvalue weighted by molar-refractivity contribution is 5.94. The monoisotopic (exact) mass is 378 g/mol. The zero-order chi connectivity index (χ0) is 19.5. The van der Waals surface area contributed by atoms with Gasteiger partial charge in [-0.25, -0.2) is 9.67 Å². The van der Waals surface area contributed by atoms with E-state index in [1.807, 2.05) is 54.3 Å². The number of aryl methyl sites for hydroxylation is 1. The Morgan fingerprint density at radius 3 is 2.86 bits per heavy atom. The first kappa shape index (κ1) is 18.2. The van der Waals surface area contributed by atoms with Crippen molar-refractivity contribution >= 4 is 5.91 Å². The van der Waals surface area contributed by atoms with Crippen LogP contribution in [-0.2, 0) is 4.74 Å². The van der Waals surface area contributed by atoms with Crippen LogP contribution in [0.4, 0.5) is 0 Å². The molecule has 1 atom stereocenters. The topological polar surface area (TPSA) is 69.5 Å². The number of nitrogens with zero attached hydrogens (tertiary/aromatic N) is 4. The van der Waals surface area contributed by atoms with E-state index in [0.29, 0.717) is 25.3 Å². The van der Waals surface area contributed by atoms with Gasteiger partial charge in [0, 0.05) is 17.7 Å². The fraction of sp³-hybridized carbons (Fsp3) is 0.286. The molecule has 1 aliphatic heterocycles. The minimum atomic E-state index is -0.204. The van der Waals surface area contributed by atoms with E-state index < -0.39 is 0 Å². The molecule has 7 heteroatoms. The molecule has 7 nitrogen and oxygen atoms in total. The highest BCUT2D eigenvalue weighted by Gasteiger charge is 2.28. The molecular weight excluding hydrogens is 356 g/mol. The standard InChI is InChI=1S/C21H22N4O3/c1-15-11-16(7-8-18(15)25-14-22-13-23-25)21(26)24-9-10-28-20(12-24)17-5-3-4-6-19(17)27-2/h3-8,11,13-14,20H,9-10,12H2,1-2H3. The molecule has 1 saturated heterocycles. The number of ether oxygens (including phenoxy) is 2. The summed E-state index contributed by atoms with van der Waals surface area (Å²) in [6, 6.07) is 13.4. The van der Waals surface area contributed by atoms with Crippen LogP contribution < -0.4 is 4.74 Å². The van der Waals surface area contributed by atoms with Gasteiger partial charge in [0.1, 0.15) is 24.5 Å². The zero-order valence-electron chi connectivity index (χ0n) is 15.9. The summed E-state index contributed by atoms with van der Waals surface area (Å²) in [7, 11) is 1.64. The van der Waals surface area contributed by atoms with Crippen molar-refractivity contribution in [3.05, 3.63) is 71.8 Å². The van der Waals surface area contributed by atoms with E-state index in [4.69, 9.17) is 9.47 Å². The van der Waals surface area contributed by atoms with Gasteiger partial charge in [-0.15, -0.1) is 0 Å². The first-order chi connectivity index (χ1) is 13.7. The molecule has 0 radical (unpaired) electrons. The number of rotatable bonds is 4. The lowest BCUT2D eigenvalue weighted by Crippen LogP contribution is -2.42. The highest BCUT2D eigenvalue weighted by atomic mass is 16.5. The van der Waals surface area contributed by atoms with Crippen molar-refractivity contribution in [2.75, 3.05) is 26.8 Å². The maximum absolute atomic E-state index is 13.1. The van der Waals surface area contributed by atoms with Crippen molar-refractivity contribution in [1.29, 1.82) is 0 Å². The number of aromatic nitrogens is 3. The van der Waals surface area contributed by atoms with Crippen LogP contribution in [0.2, 0.25) is 0 Å². The highest BCUT2D eigenvalue weighted by Crippen LogP contribution is 2.30. The number of para-hydroxylation sites is 1. The minimum absolute atomic E-state index is 0.00330. The lowest BCUT2D eigenvalue weighted by Gasteiger charge is -2.33. The number of amides is 1. The third-order valence-electron chi connectivity index (χ3n) is 4.95. The van der Waals surface area contributed by atoms with E-state index in [1.165, 1.54) is 6.33 Å². The van der Waals surface area contributed by atoms with Crippen LogP contribution in [0.1, 0.15) is 27.6 Å². The Kier molecular flexibility index (Phi) is 5.08. The summed E-state index contributed by atoms with van der Waals surface area (Å²) < 4.78 is 13.1. The normalized spacial score (nSPS) is 16.8. The fourth-order valence-corrected chi connectivity index (χ4v) is 3.52. The summed E-state index contributed by atoms with van der Waals surface area (Å²) in [6.07, 6.45) is 2.93. The Bertz CT molecular complexity index is 972. The Hall–Kier alpha value is -3.19. The van der Waals surface area contributed by atoms with Gasteiger partial charge in [0.2, 0.25) is 0 Å². The molecule has 0 spiro atoms. The summed E-state index contributed by atoms with van der Waals surface area (Å²) >= 11 is 0. The fourth-order valence-electron chi connectivity index (χ4n) is 3.52. The summed E-state index contributed by atoms with van der Waals surface area (Å²) in [5.41, 5.74) is 3.48. The van der Waals surface area contributed by atoms with E-state index in [1.54, 1.807) is 18.1 Å². The predicted octanol–water partition coefficient (Wildman–Crippen LogP) is 2.80. The Morgan fingerprint density at radius 1 is 1.25 bits per heavy atom. The van der Waals surface area contributed by atoms with Crippen LogP contribution in [-0.4, -0.2) is 52.4 Å². The minimum Gasteiger partial charge on any atom is -0.496 e. The van der Waals surface area contributed by atoms with Crippen LogP contribution in [0.15, 0.2) is 55.1 Å². The van der Waals surface area contributed by atoms with Crippen molar-refractivity contribution in [2.45, 2.75) is 13.0 Å². The van der Waals surface area contributed by atoms with Crippen molar-refractivity contribution in [1.82, 2.24) is 19.7 Å². The molecule has 0 saturated carbocycles. The summed E-state index contributed by atoms with van der Waals surface area (Å²) in [5, 5.41) is 4.15. The number of carbonyl (C=O) groups is 1. The van der Waals surface area contributed by atoms with Gasteiger partial charge in [-0.2, -0.15) is 5.10 Å². The van der Waals surface area contributed by atoms with Crippen molar-refractivity contribution < 1.29 is 14.3 Å². The molecular formula is C21H22N4O3. The van der Waals surface area contributed by atoms with Gasteiger partial charge in [0.15, 0.2) is 0 Å². The lowest BCUT2D eigenvalue weighted by atomic mass is 10.0. The van der Waals surface area contributed by atoms with Gasteiger partial charge in [-0.05, 0) is 36.8 Å². The predicted molar refractivity (Wildman–Crippen MR) is 104 cm³/mol. The first-order valence-corrected chi connectivity index (χ1v) is 9.17. The smallest absolute Gasteiger partial charge is 0.254 e. The Balaban J connectivity index is 1.54. The quantitative estimate of drug-likeness (QED) is 0.698. The van der Waals surface area contributed by atoms with E-state index in [2.05, 4.69) is 10.1 Å². The third kappa shape index (κ3) is 3.48. The Morgan fingerprint density at radius 2 is 2.11 bits per heavy atom. The van der Waals surface area contributed by atoms with Gasteiger partial charge in [0.25, 0.3) is 5.91 Å². The molecule has 2 heterocycles. The number of hydrogen-bond acceptors (Lipinski definition) is 5. The maximum Gasteiger partial charge on any atom is 0.254 e. The molecule has 2 aromatic carbocycles. The average molecular weight is 378 g/mol.